The maximum Gasteiger partial charge on any atom is 0.261 e. The van der Waals surface area contributed by atoms with Crippen LogP contribution in [0.2, 0.25) is 5.02 Å². The van der Waals surface area contributed by atoms with Gasteiger partial charge < -0.3 is 10.2 Å². The van der Waals surface area contributed by atoms with E-state index in [0.29, 0.717) is 34.4 Å². The van der Waals surface area contributed by atoms with Crippen molar-refractivity contribution < 1.29 is 18.0 Å². The molecule has 2 N–H and O–H groups in total. The molecule has 1 fully saturated rings. The number of carbonyl (C=O) groups is 2. The van der Waals surface area contributed by atoms with Crippen molar-refractivity contribution in [2.24, 2.45) is 0 Å². The molecule has 10 heteroatoms. The average Bonchev–Trinajstić information content (AvgIpc) is 3.03. The molecule has 1 atom stereocenters. The van der Waals surface area contributed by atoms with Crippen molar-refractivity contribution in [1.82, 2.24) is 4.90 Å². The lowest BCUT2D eigenvalue weighted by Crippen LogP contribution is -2.45. The number of nitrogens with one attached hydrogen (secondary N) is 2. The number of anilines is 2. The van der Waals surface area contributed by atoms with Crippen molar-refractivity contribution in [2.45, 2.75) is 40.7 Å². The molecule has 1 saturated heterocycles. The van der Waals surface area contributed by atoms with E-state index in [-0.39, 0.29) is 10.8 Å². The Kier molecular flexibility index (Phi) is 6.45. The summed E-state index contributed by atoms with van der Waals surface area (Å²) in [6, 6.07) is 10.8. The summed E-state index contributed by atoms with van der Waals surface area (Å²) < 4.78 is 28.0. The Balaban J connectivity index is 1.52. The fourth-order valence-electron chi connectivity index (χ4n) is 3.61. The lowest BCUT2D eigenvalue weighted by Gasteiger charge is -2.28. The minimum absolute atomic E-state index is 0.0133. The van der Waals surface area contributed by atoms with Gasteiger partial charge in [-0.15, -0.1) is 11.8 Å². The first kappa shape index (κ1) is 22.0. The number of fused-ring (bicyclic) bond motifs is 1. The van der Waals surface area contributed by atoms with E-state index in [1.807, 2.05) is 0 Å². The fourth-order valence-corrected chi connectivity index (χ4v) is 5.87. The quantitative estimate of drug-likeness (QED) is 0.647. The molecule has 0 saturated carbocycles. The summed E-state index contributed by atoms with van der Waals surface area (Å²) >= 11 is 7.00. The van der Waals surface area contributed by atoms with Crippen LogP contribution >= 0.6 is 23.4 Å². The molecule has 2 amide bonds. The van der Waals surface area contributed by atoms with Crippen molar-refractivity contribution >= 4 is 56.6 Å². The minimum atomic E-state index is -3.86. The van der Waals surface area contributed by atoms with Gasteiger partial charge in [-0.2, -0.15) is 0 Å². The smallest absolute Gasteiger partial charge is 0.261 e. The molecule has 0 aliphatic carbocycles. The highest BCUT2D eigenvalue weighted by molar-refractivity contribution is 8.01. The van der Waals surface area contributed by atoms with E-state index in [2.05, 4.69) is 10.0 Å². The molecule has 7 nitrogen and oxygen atoms in total. The standard InChI is InChI=1S/C21H22ClN3O4S2/c22-14-5-7-15(8-6-14)24-31(28,29)16-9-10-18-17(13-16)23-20(26)19(30-18)21(27)25-11-3-1-2-4-12-25/h5-10,13,19,24H,1-4,11-12H2,(H,23,26). The van der Waals surface area contributed by atoms with Crippen molar-refractivity contribution in [2.75, 3.05) is 23.1 Å². The number of amides is 2. The van der Waals surface area contributed by atoms with Gasteiger partial charge in [-0.25, -0.2) is 8.42 Å². The third kappa shape index (κ3) is 4.99. The highest BCUT2D eigenvalue weighted by atomic mass is 35.5. The summed E-state index contributed by atoms with van der Waals surface area (Å²) in [5, 5.41) is 2.35. The molecule has 2 aromatic carbocycles. The molecule has 0 spiro atoms. The van der Waals surface area contributed by atoms with Crippen LogP contribution in [0.1, 0.15) is 25.7 Å². The minimum Gasteiger partial charge on any atom is -0.341 e. The number of nitrogens with zero attached hydrogens (tertiary/aromatic N) is 1. The van der Waals surface area contributed by atoms with Crippen LogP contribution in [0, 0.1) is 0 Å². The molecule has 1 unspecified atom stereocenters. The van der Waals surface area contributed by atoms with Crippen LogP contribution in [-0.2, 0) is 19.6 Å². The second-order valence-electron chi connectivity index (χ2n) is 7.50. The maximum absolute atomic E-state index is 12.9. The van der Waals surface area contributed by atoms with Crippen LogP contribution < -0.4 is 10.0 Å². The lowest BCUT2D eigenvalue weighted by molar-refractivity contribution is -0.133. The van der Waals surface area contributed by atoms with Crippen molar-refractivity contribution in [3.63, 3.8) is 0 Å². The zero-order chi connectivity index (χ0) is 22.0. The summed E-state index contributed by atoms with van der Waals surface area (Å²) in [5.41, 5.74) is 0.762. The number of benzene rings is 2. The molecule has 0 radical (unpaired) electrons. The van der Waals surface area contributed by atoms with Crippen molar-refractivity contribution in [3.8, 4) is 0 Å². The monoisotopic (exact) mass is 479 g/mol. The Bertz CT molecular complexity index is 1100. The van der Waals surface area contributed by atoms with Crippen LogP contribution in [0.3, 0.4) is 0 Å². The summed E-state index contributed by atoms with van der Waals surface area (Å²) in [5.74, 6) is -0.608. The van der Waals surface area contributed by atoms with Gasteiger partial charge in [-0.1, -0.05) is 24.4 Å². The van der Waals surface area contributed by atoms with Gasteiger partial charge in [-0.05, 0) is 55.3 Å². The SMILES string of the molecule is O=C1Nc2cc(S(=O)(=O)Nc3ccc(Cl)cc3)ccc2SC1C(=O)N1CCCCCC1. The van der Waals surface area contributed by atoms with E-state index in [1.54, 1.807) is 35.2 Å². The van der Waals surface area contributed by atoms with E-state index >= 15 is 0 Å². The highest BCUT2D eigenvalue weighted by Gasteiger charge is 2.36. The Hall–Kier alpha value is -2.23. The van der Waals surface area contributed by atoms with Gasteiger partial charge >= 0.3 is 0 Å². The van der Waals surface area contributed by atoms with Gasteiger partial charge in [0.05, 0.1) is 10.6 Å². The van der Waals surface area contributed by atoms with Gasteiger partial charge in [0.25, 0.3) is 10.0 Å². The fraction of sp³-hybridized carbons (Fsp3) is 0.333. The molecule has 31 heavy (non-hydrogen) atoms. The number of carbonyl (C=O) groups excluding carboxylic acids is 2. The largest absolute Gasteiger partial charge is 0.341 e. The van der Waals surface area contributed by atoms with E-state index < -0.39 is 21.2 Å². The number of likely N-dealkylation sites (tertiary alicyclic amines) is 1. The predicted octanol–water partition coefficient (Wildman–Crippen LogP) is 3.96. The summed E-state index contributed by atoms with van der Waals surface area (Å²) in [6.45, 7) is 1.34. The second kappa shape index (κ2) is 9.10. The van der Waals surface area contributed by atoms with Gasteiger partial charge in [0.15, 0.2) is 5.25 Å². The second-order valence-corrected chi connectivity index (χ2v) is 10.8. The number of hydrogen-bond donors (Lipinski definition) is 2. The zero-order valence-electron chi connectivity index (χ0n) is 16.6. The first-order valence-electron chi connectivity index (χ1n) is 10.0. The van der Waals surface area contributed by atoms with Crippen molar-refractivity contribution in [1.29, 1.82) is 0 Å². The van der Waals surface area contributed by atoms with Crippen molar-refractivity contribution in [3.05, 3.63) is 47.5 Å². The van der Waals surface area contributed by atoms with Crippen LogP contribution in [0.4, 0.5) is 11.4 Å². The number of halogens is 1. The van der Waals surface area contributed by atoms with Crippen LogP contribution in [-0.4, -0.2) is 43.5 Å². The van der Waals surface area contributed by atoms with E-state index in [1.165, 1.54) is 23.9 Å². The van der Waals surface area contributed by atoms with Gasteiger partial charge in [0, 0.05) is 28.7 Å². The molecule has 2 aliphatic heterocycles. The highest BCUT2D eigenvalue weighted by Crippen LogP contribution is 2.38. The van der Waals surface area contributed by atoms with Crippen LogP contribution in [0.15, 0.2) is 52.3 Å². The zero-order valence-corrected chi connectivity index (χ0v) is 19.0. The number of hydrogen-bond acceptors (Lipinski definition) is 5. The molecule has 0 bridgehead atoms. The molecular weight excluding hydrogens is 458 g/mol. The lowest BCUT2D eigenvalue weighted by atomic mass is 10.2. The van der Waals surface area contributed by atoms with E-state index in [0.717, 1.165) is 25.7 Å². The Labute approximate surface area is 190 Å². The molecular formula is C21H22ClN3O4S2. The normalized spacial score (nSPS) is 19.2. The first-order chi connectivity index (χ1) is 14.8. The summed E-state index contributed by atoms with van der Waals surface area (Å²) in [7, 11) is -3.86. The van der Waals surface area contributed by atoms with E-state index in [9.17, 15) is 18.0 Å². The average molecular weight is 480 g/mol. The Morgan fingerprint density at radius 1 is 1.06 bits per heavy atom. The molecule has 2 heterocycles. The summed E-state index contributed by atoms with van der Waals surface area (Å²) in [4.78, 5) is 28.0. The molecule has 164 valence electrons. The molecule has 0 aromatic heterocycles. The molecule has 2 aromatic rings. The van der Waals surface area contributed by atoms with Crippen LogP contribution in [0.25, 0.3) is 0 Å². The third-order valence-electron chi connectivity index (χ3n) is 5.24. The number of sulfonamides is 1. The van der Waals surface area contributed by atoms with Gasteiger partial charge in [0.2, 0.25) is 11.8 Å². The van der Waals surface area contributed by atoms with Gasteiger partial charge in [0.1, 0.15) is 0 Å². The van der Waals surface area contributed by atoms with Crippen LogP contribution in [0.5, 0.6) is 0 Å². The molecule has 4 rings (SSSR count). The van der Waals surface area contributed by atoms with E-state index in [4.69, 9.17) is 11.6 Å². The third-order valence-corrected chi connectivity index (χ3v) is 8.13. The maximum atomic E-state index is 12.9. The van der Waals surface area contributed by atoms with Gasteiger partial charge in [-0.3, -0.25) is 14.3 Å². The predicted molar refractivity (Wildman–Crippen MR) is 122 cm³/mol. The first-order valence-corrected chi connectivity index (χ1v) is 12.8. The summed E-state index contributed by atoms with van der Waals surface area (Å²) in [6.07, 6.45) is 4.09. The number of thioether (sulfide) groups is 1. The Morgan fingerprint density at radius 3 is 2.42 bits per heavy atom. The number of rotatable bonds is 4. The molecule has 2 aliphatic rings. The topological polar surface area (TPSA) is 95.6 Å². The Morgan fingerprint density at radius 2 is 1.74 bits per heavy atom.